The number of Topliss-reactive ketones (excluding diaryl/α,β-unsaturated/α-hetero) is 2. The number of nitro benzene ring substituents is 1. The minimum absolute atomic E-state index is 0.123. The summed E-state index contributed by atoms with van der Waals surface area (Å²) in [7, 11) is 0. The Balaban J connectivity index is 1.51. The van der Waals surface area contributed by atoms with E-state index >= 15 is 0 Å². The lowest BCUT2D eigenvalue weighted by Crippen LogP contribution is -2.51. The molecule has 6 rings (SSSR count). The Morgan fingerprint density at radius 2 is 1.34 bits per heavy atom. The Morgan fingerprint density at radius 3 is 1.91 bits per heavy atom. The largest absolute Gasteiger partial charge is 0.349 e. The lowest BCUT2D eigenvalue weighted by molar-refractivity contribution is -0.384. The number of non-ortho nitro benzene ring substituents is 1. The fourth-order valence-corrected chi connectivity index (χ4v) is 5.44. The highest BCUT2D eigenvalue weighted by atomic mass is 16.6. The van der Waals surface area contributed by atoms with Crippen molar-refractivity contribution >= 4 is 34.8 Å². The molecule has 3 aliphatic rings. The Labute approximate surface area is 198 Å². The van der Waals surface area contributed by atoms with E-state index in [1.54, 1.807) is 42.5 Å². The molecule has 9 heteroatoms. The van der Waals surface area contributed by atoms with Crippen LogP contribution in [0, 0.1) is 22.0 Å². The average Bonchev–Trinajstić information content (AvgIpc) is 3.44. The highest BCUT2D eigenvalue weighted by Crippen LogP contribution is 2.57. The number of fused-ring (bicyclic) bond motifs is 3. The quantitative estimate of drug-likeness (QED) is 0.250. The SMILES string of the molecule is O=C1[C@@H]2[C@@H](c3ccccc3)OC3(C(=O)c4ccccc4C3=O)[C@@H]2C(=O)N1c1ccc([N+](=O)[O-])cc1. The van der Waals surface area contributed by atoms with Crippen molar-refractivity contribution in [1.29, 1.82) is 0 Å². The summed E-state index contributed by atoms with van der Waals surface area (Å²) in [6, 6.07) is 19.9. The first-order chi connectivity index (χ1) is 16.9. The first-order valence-corrected chi connectivity index (χ1v) is 10.9. The van der Waals surface area contributed by atoms with E-state index in [1.165, 1.54) is 36.4 Å². The van der Waals surface area contributed by atoms with Crippen molar-refractivity contribution in [3.63, 3.8) is 0 Å². The lowest BCUT2D eigenvalue weighted by Gasteiger charge is -2.27. The molecule has 0 bridgehead atoms. The van der Waals surface area contributed by atoms with E-state index in [-0.39, 0.29) is 22.5 Å². The van der Waals surface area contributed by atoms with E-state index in [2.05, 4.69) is 0 Å². The molecule has 0 unspecified atom stereocenters. The Bertz CT molecular complexity index is 1410. The Morgan fingerprint density at radius 1 is 0.771 bits per heavy atom. The molecule has 0 radical (unpaired) electrons. The number of carbonyl (C=O) groups excluding carboxylic acids is 4. The molecule has 3 aromatic rings. The molecule has 1 aliphatic carbocycles. The van der Waals surface area contributed by atoms with E-state index in [0.29, 0.717) is 5.56 Å². The summed E-state index contributed by atoms with van der Waals surface area (Å²) in [5, 5.41) is 11.0. The molecule has 3 atom stereocenters. The van der Waals surface area contributed by atoms with Gasteiger partial charge in [0.25, 0.3) is 5.69 Å². The average molecular weight is 468 g/mol. The first kappa shape index (κ1) is 21.1. The molecule has 0 saturated carbocycles. The predicted octanol–water partition coefficient (Wildman–Crippen LogP) is 3.29. The van der Waals surface area contributed by atoms with Gasteiger partial charge in [0.15, 0.2) is 0 Å². The van der Waals surface area contributed by atoms with Gasteiger partial charge < -0.3 is 4.74 Å². The number of hydrogen-bond acceptors (Lipinski definition) is 7. The first-order valence-electron chi connectivity index (χ1n) is 10.9. The molecule has 9 nitrogen and oxygen atoms in total. The van der Waals surface area contributed by atoms with Gasteiger partial charge in [-0.1, -0.05) is 54.6 Å². The van der Waals surface area contributed by atoms with Crippen molar-refractivity contribution < 1.29 is 28.8 Å². The van der Waals surface area contributed by atoms with Gasteiger partial charge in [0.2, 0.25) is 29.0 Å². The summed E-state index contributed by atoms with van der Waals surface area (Å²) in [6.07, 6.45) is -1.01. The number of rotatable bonds is 3. The topological polar surface area (TPSA) is 124 Å². The van der Waals surface area contributed by atoms with Crippen molar-refractivity contribution in [2.24, 2.45) is 11.8 Å². The number of carbonyl (C=O) groups is 4. The number of anilines is 1. The zero-order valence-corrected chi connectivity index (χ0v) is 18.0. The zero-order chi connectivity index (χ0) is 24.5. The van der Waals surface area contributed by atoms with Gasteiger partial charge in [-0.05, 0) is 17.7 Å². The molecular formula is C26H16N2O7. The third-order valence-corrected chi connectivity index (χ3v) is 6.97. The predicted molar refractivity (Wildman–Crippen MR) is 121 cm³/mol. The number of ketones is 2. The van der Waals surface area contributed by atoms with Gasteiger partial charge in [0, 0.05) is 23.3 Å². The molecule has 2 saturated heterocycles. The lowest BCUT2D eigenvalue weighted by atomic mass is 9.77. The van der Waals surface area contributed by atoms with E-state index in [1.807, 2.05) is 0 Å². The fraction of sp³-hybridized carbons (Fsp3) is 0.154. The van der Waals surface area contributed by atoms with Crippen LogP contribution in [0.3, 0.4) is 0 Å². The number of nitro groups is 1. The minimum atomic E-state index is -2.16. The molecule has 3 aromatic carbocycles. The van der Waals surface area contributed by atoms with Crippen LogP contribution >= 0.6 is 0 Å². The number of amides is 2. The summed E-state index contributed by atoms with van der Waals surface area (Å²) in [6.45, 7) is 0. The standard InChI is InChI=1S/C26H16N2O7/c29-22-17-8-4-5-9-18(17)23(30)26(22)20-19(21(35-26)14-6-2-1-3-7-14)24(31)27(25(20)32)15-10-12-16(13-11-15)28(33)34/h1-13,19-21H/t19-,20-,21+/m0/s1. The van der Waals surface area contributed by atoms with Crippen molar-refractivity contribution in [1.82, 2.24) is 0 Å². The van der Waals surface area contributed by atoms with Crippen LogP contribution in [0.2, 0.25) is 0 Å². The number of nitrogens with zero attached hydrogens (tertiary/aromatic N) is 2. The van der Waals surface area contributed by atoms with Gasteiger partial charge in [-0.3, -0.25) is 29.3 Å². The van der Waals surface area contributed by atoms with Gasteiger partial charge in [-0.15, -0.1) is 0 Å². The van der Waals surface area contributed by atoms with Crippen molar-refractivity contribution in [2.45, 2.75) is 11.7 Å². The second kappa shape index (κ2) is 7.25. The second-order valence-electron chi connectivity index (χ2n) is 8.68. The number of benzene rings is 3. The van der Waals surface area contributed by atoms with E-state index < -0.39 is 51.8 Å². The zero-order valence-electron chi connectivity index (χ0n) is 18.0. The normalized spacial score (nSPS) is 24.2. The molecular weight excluding hydrogens is 452 g/mol. The van der Waals surface area contributed by atoms with Gasteiger partial charge >= 0.3 is 0 Å². The molecule has 2 fully saturated rings. The van der Waals surface area contributed by atoms with Crippen LogP contribution in [0.1, 0.15) is 32.4 Å². The van der Waals surface area contributed by atoms with E-state index in [0.717, 1.165) is 4.90 Å². The minimum Gasteiger partial charge on any atom is -0.349 e. The Kier molecular flexibility index (Phi) is 4.36. The summed E-state index contributed by atoms with van der Waals surface area (Å²) in [4.78, 5) is 66.2. The summed E-state index contributed by atoms with van der Waals surface area (Å²) in [5.41, 5.74) is -1.37. The maximum absolute atomic E-state index is 13.8. The van der Waals surface area contributed by atoms with E-state index in [9.17, 15) is 29.3 Å². The van der Waals surface area contributed by atoms with Crippen LogP contribution in [-0.2, 0) is 14.3 Å². The van der Waals surface area contributed by atoms with Crippen LogP contribution in [0.15, 0.2) is 78.9 Å². The highest BCUT2D eigenvalue weighted by molar-refractivity contribution is 6.37. The van der Waals surface area contributed by atoms with Crippen molar-refractivity contribution in [3.05, 3.63) is 106 Å². The van der Waals surface area contributed by atoms with Gasteiger partial charge in [-0.2, -0.15) is 0 Å². The smallest absolute Gasteiger partial charge is 0.269 e. The summed E-state index contributed by atoms with van der Waals surface area (Å²) < 4.78 is 6.19. The highest BCUT2D eigenvalue weighted by Gasteiger charge is 2.74. The van der Waals surface area contributed by atoms with Crippen LogP contribution in [0.4, 0.5) is 11.4 Å². The van der Waals surface area contributed by atoms with Crippen molar-refractivity contribution in [3.8, 4) is 0 Å². The molecule has 1 spiro atoms. The van der Waals surface area contributed by atoms with Gasteiger partial charge in [0.1, 0.15) is 0 Å². The van der Waals surface area contributed by atoms with Crippen LogP contribution in [0.25, 0.3) is 0 Å². The second-order valence-corrected chi connectivity index (χ2v) is 8.68. The molecule has 172 valence electrons. The number of imide groups is 1. The third kappa shape index (κ3) is 2.66. The summed E-state index contributed by atoms with van der Waals surface area (Å²) >= 11 is 0. The monoisotopic (exact) mass is 468 g/mol. The number of hydrogen-bond donors (Lipinski definition) is 0. The maximum atomic E-state index is 13.8. The number of ether oxygens (including phenoxy) is 1. The molecule has 0 aromatic heterocycles. The van der Waals surface area contributed by atoms with E-state index in [4.69, 9.17) is 4.74 Å². The molecule has 2 heterocycles. The van der Waals surface area contributed by atoms with Gasteiger partial charge in [0.05, 0.1) is 28.6 Å². The van der Waals surface area contributed by atoms with Crippen molar-refractivity contribution in [2.75, 3.05) is 4.90 Å². The summed E-state index contributed by atoms with van der Waals surface area (Å²) in [5.74, 6) is -5.15. The van der Waals surface area contributed by atoms with Crippen LogP contribution < -0.4 is 4.90 Å². The Hall–Kier alpha value is -4.50. The maximum Gasteiger partial charge on any atom is 0.269 e. The molecule has 0 N–H and O–H groups in total. The van der Waals surface area contributed by atoms with Crippen LogP contribution in [-0.4, -0.2) is 33.9 Å². The molecule has 2 aliphatic heterocycles. The van der Waals surface area contributed by atoms with Gasteiger partial charge in [-0.25, -0.2) is 4.90 Å². The third-order valence-electron chi connectivity index (χ3n) is 6.97. The molecule has 2 amide bonds. The fourth-order valence-electron chi connectivity index (χ4n) is 5.44. The molecule has 35 heavy (non-hydrogen) atoms. The van der Waals surface area contributed by atoms with Crippen LogP contribution in [0.5, 0.6) is 0 Å².